The summed E-state index contributed by atoms with van der Waals surface area (Å²) in [6, 6.07) is 6.52. The van der Waals surface area contributed by atoms with Crippen LogP contribution in [0.1, 0.15) is 11.1 Å². The highest BCUT2D eigenvalue weighted by Gasteiger charge is 2.18. The zero-order valence-electron chi connectivity index (χ0n) is 12.1. The minimum atomic E-state index is 0.565. The number of aromatic nitrogens is 3. The first-order valence-corrected chi connectivity index (χ1v) is 9.46. The predicted octanol–water partition coefficient (Wildman–Crippen LogP) is 4.21. The smallest absolute Gasteiger partial charge is 0.196 e. The third-order valence-corrected chi connectivity index (χ3v) is 6.40. The molecule has 116 valence electrons. The van der Waals surface area contributed by atoms with Crippen LogP contribution in [0.15, 0.2) is 41.0 Å². The van der Waals surface area contributed by atoms with E-state index in [0.29, 0.717) is 5.15 Å². The molecule has 1 N–H and O–H groups in total. The van der Waals surface area contributed by atoms with E-state index in [1.807, 2.05) is 11.6 Å². The average Bonchev–Trinajstić information content (AvgIpc) is 3.16. The van der Waals surface area contributed by atoms with Gasteiger partial charge in [-0.1, -0.05) is 23.7 Å². The van der Waals surface area contributed by atoms with Gasteiger partial charge in [0.05, 0.1) is 5.52 Å². The van der Waals surface area contributed by atoms with Crippen LogP contribution in [0, 0.1) is 0 Å². The van der Waals surface area contributed by atoms with E-state index in [1.165, 1.54) is 22.0 Å². The van der Waals surface area contributed by atoms with Crippen molar-refractivity contribution in [2.45, 2.75) is 18.0 Å². The molecule has 0 fully saturated rings. The van der Waals surface area contributed by atoms with Crippen molar-refractivity contribution in [3.05, 3.63) is 52.3 Å². The van der Waals surface area contributed by atoms with Crippen molar-refractivity contribution < 1.29 is 0 Å². The molecular weight excluding hydrogens is 348 g/mol. The molecule has 0 saturated carbocycles. The standard InChI is InChI=1S/C16H13ClN4S2/c17-14-15(20-6-7-22-16(20)19-14)23-21-9-11-4-5-18-8-10-2-1-3-12(21)13(10)11/h1-3,6-7,9,18H,4-5,8H2. The van der Waals surface area contributed by atoms with Crippen LogP contribution in [0.4, 0.5) is 0 Å². The summed E-state index contributed by atoms with van der Waals surface area (Å²) in [4.78, 5) is 5.35. The third-order valence-electron chi connectivity index (χ3n) is 4.21. The Kier molecular flexibility index (Phi) is 3.19. The molecule has 0 saturated heterocycles. The molecule has 4 heterocycles. The number of hydrogen-bond donors (Lipinski definition) is 1. The van der Waals surface area contributed by atoms with Crippen molar-refractivity contribution in [2.75, 3.05) is 6.54 Å². The molecule has 0 unspecified atom stereocenters. The van der Waals surface area contributed by atoms with Gasteiger partial charge in [-0.05, 0) is 30.2 Å². The van der Waals surface area contributed by atoms with Crippen molar-refractivity contribution in [3.63, 3.8) is 0 Å². The number of benzene rings is 1. The SMILES string of the molecule is Clc1nc2sccn2c1Sn1cc2c3c(cccc31)CNCC2. The first-order chi connectivity index (χ1) is 11.3. The van der Waals surface area contributed by atoms with Crippen LogP contribution in [0.5, 0.6) is 0 Å². The number of rotatable bonds is 2. The molecule has 0 bridgehead atoms. The average molecular weight is 361 g/mol. The fraction of sp³-hybridized carbons (Fsp3) is 0.188. The number of hydrogen-bond acceptors (Lipinski definition) is 4. The fourth-order valence-corrected chi connectivity index (χ4v) is 5.26. The van der Waals surface area contributed by atoms with Crippen molar-refractivity contribution >= 4 is 50.7 Å². The van der Waals surface area contributed by atoms with Gasteiger partial charge in [0.15, 0.2) is 10.1 Å². The number of thiazole rings is 1. The van der Waals surface area contributed by atoms with E-state index in [4.69, 9.17) is 11.6 Å². The van der Waals surface area contributed by atoms with E-state index in [1.54, 1.807) is 23.3 Å². The maximum absolute atomic E-state index is 6.35. The summed E-state index contributed by atoms with van der Waals surface area (Å²) >= 11 is 9.58. The molecule has 4 nitrogen and oxygen atoms in total. The lowest BCUT2D eigenvalue weighted by Crippen LogP contribution is -2.13. The van der Waals surface area contributed by atoms with Crippen molar-refractivity contribution in [3.8, 4) is 0 Å². The monoisotopic (exact) mass is 360 g/mol. The predicted molar refractivity (Wildman–Crippen MR) is 96.7 cm³/mol. The second-order valence-electron chi connectivity index (χ2n) is 5.57. The minimum absolute atomic E-state index is 0.565. The summed E-state index contributed by atoms with van der Waals surface area (Å²) in [5.74, 6) is 0. The Morgan fingerprint density at radius 1 is 1.30 bits per heavy atom. The first-order valence-electron chi connectivity index (χ1n) is 7.43. The molecule has 0 atom stereocenters. The van der Waals surface area contributed by atoms with Crippen LogP contribution in [-0.2, 0) is 13.0 Å². The van der Waals surface area contributed by atoms with Crippen LogP contribution >= 0.6 is 34.9 Å². The molecule has 0 aliphatic carbocycles. The van der Waals surface area contributed by atoms with Gasteiger partial charge in [0.25, 0.3) is 0 Å². The van der Waals surface area contributed by atoms with Gasteiger partial charge in [0.2, 0.25) is 0 Å². The highest BCUT2D eigenvalue weighted by atomic mass is 35.5. The van der Waals surface area contributed by atoms with Crippen LogP contribution in [0.2, 0.25) is 5.15 Å². The minimum Gasteiger partial charge on any atom is -0.312 e. The summed E-state index contributed by atoms with van der Waals surface area (Å²) in [6.07, 6.45) is 5.31. The number of fused-ring (bicyclic) bond motifs is 1. The molecular formula is C16H13ClN4S2. The van der Waals surface area contributed by atoms with E-state index >= 15 is 0 Å². The summed E-state index contributed by atoms with van der Waals surface area (Å²) in [5.41, 5.74) is 4.01. The largest absolute Gasteiger partial charge is 0.312 e. The third kappa shape index (κ3) is 2.13. The van der Waals surface area contributed by atoms with Crippen molar-refractivity contribution in [1.82, 2.24) is 18.7 Å². The highest BCUT2D eigenvalue weighted by molar-refractivity contribution is 7.98. The second-order valence-corrected chi connectivity index (χ2v) is 7.77. The molecule has 0 radical (unpaired) electrons. The number of nitrogens with one attached hydrogen (secondary N) is 1. The van der Waals surface area contributed by atoms with Gasteiger partial charge in [-0.3, -0.25) is 8.37 Å². The molecule has 0 amide bonds. The normalized spacial score (nSPS) is 14.7. The molecule has 3 aromatic heterocycles. The van der Waals surface area contributed by atoms with Gasteiger partial charge in [0, 0.05) is 41.7 Å². The zero-order chi connectivity index (χ0) is 15.4. The van der Waals surface area contributed by atoms with E-state index in [-0.39, 0.29) is 0 Å². The number of nitrogens with zero attached hydrogens (tertiary/aromatic N) is 3. The van der Waals surface area contributed by atoms with Gasteiger partial charge in [-0.25, -0.2) is 4.98 Å². The van der Waals surface area contributed by atoms with E-state index in [9.17, 15) is 0 Å². The highest BCUT2D eigenvalue weighted by Crippen LogP contribution is 2.36. The molecule has 0 spiro atoms. The Bertz CT molecular complexity index is 1030. The summed E-state index contributed by atoms with van der Waals surface area (Å²) in [6.45, 7) is 1.95. The Balaban J connectivity index is 1.69. The second kappa shape index (κ2) is 5.27. The maximum Gasteiger partial charge on any atom is 0.196 e. The van der Waals surface area contributed by atoms with Crippen LogP contribution < -0.4 is 5.32 Å². The lowest BCUT2D eigenvalue weighted by Gasteiger charge is -2.06. The van der Waals surface area contributed by atoms with Crippen molar-refractivity contribution in [1.29, 1.82) is 0 Å². The van der Waals surface area contributed by atoms with E-state index in [2.05, 4.69) is 43.1 Å². The van der Waals surface area contributed by atoms with Gasteiger partial charge in [0.1, 0.15) is 5.03 Å². The maximum atomic E-state index is 6.35. The molecule has 7 heteroatoms. The summed E-state index contributed by atoms with van der Waals surface area (Å²) < 4.78 is 4.28. The molecule has 1 aliphatic heterocycles. The molecule has 23 heavy (non-hydrogen) atoms. The molecule has 1 aromatic carbocycles. The molecule has 4 aromatic rings. The molecule has 5 rings (SSSR count). The van der Waals surface area contributed by atoms with Gasteiger partial charge in [-0.15, -0.1) is 11.3 Å². The fourth-order valence-electron chi connectivity index (χ4n) is 3.19. The van der Waals surface area contributed by atoms with Gasteiger partial charge >= 0.3 is 0 Å². The number of halogens is 1. The van der Waals surface area contributed by atoms with Crippen molar-refractivity contribution in [2.24, 2.45) is 0 Å². The zero-order valence-corrected chi connectivity index (χ0v) is 14.5. The van der Waals surface area contributed by atoms with Crippen LogP contribution in [-0.4, -0.2) is 19.9 Å². The number of imidazole rings is 1. The lowest BCUT2D eigenvalue weighted by molar-refractivity contribution is 0.701. The van der Waals surface area contributed by atoms with E-state index < -0.39 is 0 Å². The Morgan fingerprint density at radius 2 is 2.26 bits per heavy atom. The first kappa shape index (κ1) is 13.9. The summed E-state index contributed by atoms with van der Waals surface area (Å²) in [7, 11) is 0. The van der Waals surface area contributed by atoms with Gasteiger partial charge < -0.3 is 5.32 Å². The Labute approximate surface area is 146 Å². The Morgan fingerprint density at radius 3 is 3.22 bits per heavy atom. The quantitative estimate of drug-likeness (QED) is 0.581. The summed E-state index contributed by atoms with van der Waals surface area (Å²) in [5, 5.41) is 8.43. The topological polar surface area (TPSA) is 34.3 Å². The Hall–Kier alpha value is -1.47. The van der Waals surface area contributed by atoms with E-state index in [0.717, 1.165) is 29.5 Å². The molecule has 1 aliphatic rings. The lowest BCUT2D eigenvalue weighted by atomic mass is 10.1. The van der Waals surface area contributed by atoms with Crippen LogP contribution in [0.25, 0.3) is 15.9 Å². The van der Waals surface area contributed by atoms with Gasteiger partial charge in [-0.2, -0.15) is 0 Å². The van der Waals surface area contributed by atoms with Crippen LogP contribution in [0.3, 0.4) is 0 Å².